The van der Waals surface area contributed by atoms with Crippen LogP contribution in [-0.4, -0.2) is 0 Å². The summed E-state index contributed by atoms with van der Waals surface area (Å²) in [6, 6.07) is 105. The Labute approximate surface area is 435 Å². The van der Waals surface area contributed by atoms with Crippen LogP contribution in [0.25, 0.3) is 99.8 Å². The Hall–Kier alpha value is -9.30. The fraction of sp³-hybridized carbons (Fsp3) is 0.0411. The Morgan fingerprint density at radius 2 is 0.689 bits per heavy atom. The first kappa shape index (κ1) is 44.6. The van der Waals surface area contributed by atoms with E-state index in [1.165, 1.54) is 105 Å². The van der Waals surface area contributed by atoms with Crippen molar-refractivity contribution in [3.63, 3.8) is 0 Å². The minimum atomic E-state index is -0.260. The lowest BCUT2D eigenvalue weighted by Crippen LogP contribution is -2.17. The van der Waals surface area contributed by atoms with E-state index in [0.29, 0.717) is 0 Å². The third-order valence-electron chi connectivity index (χ3n) is 15.3. The molecule has 13 rings (SSSR count). The van der Waals surface area contributed by atoms with Crippen molar-refractivity contribution in [2.45, 2.75) is 19.3 Å². The topological polar surface area (TPSA) is 3.24 Å². The van der Waals surface area contributed by atoms with E-state index in [2.05, 4.69) is 304 Å². The molecule has 0 saturated carbocycles. The van der Waals surface area contributed by atoms with Gasteiger partial charge in [-0.15, -0.1) is 0 Å². The highest BCUT2D eigenvalue weighted by Crippen LogP contribution is 2.56. The third-order valence-corrected chi connectivity index (χ3v) is 15.3. The maximum Gasteiger partial charge on any atom is 0.0540 e. The van der Waals surface area contributed by atoms with Crippen molar-refractivity contribution in [1.29, 1.82) is 0 Å². The van der Waals surface area contributed by atoms with Crippen molar-refractivity contribution in [3.05, 3.63) is 296 Å². The Morgan fingerprint density at radius 1 is 0.257 bits per heavy atom. The molecule has 1 aliphatic rings. The summed E-state index contributed by atoms with van der Waals surface area (Å²) < 4.78 is 0. The zero-order valence-corrected chi connectivity index (χ0v) is 41.6. The van der Waals surface area contributed by atoms with Gasteiger partial charge in [0.1, 0.15) is 0 Å². The second-order valence-corrected chi connectivity index (χ2v) is 20.0. The third kappa shape index (κ3) is 7.91. The molecule has 0 radical (unpaired) electrons. The maximum atomic E-state index is 2.50. The van der Waals surface area contributed by atoms with Crippen molar-refractivity contribution in [3.8, 4) is 89.0 Å². The van der Waals surface area contributed by atoms with Gasteiger partial charge in [-0.2, -0.15) is 0 Å². The smallest absolute Gasteiger partial charge is 0.0540 e. The van der Waals surface area contributed by atoms with Gasteiger partial charge in [0.05, 0.1) is 5.69 Å². The van der Waals surface area contributed by atoms with Gasteiger partial charge in [0, 0.05) is 22.4 Å². The lowest BCUT2D eigenvalue weighted by Gasteiger charge is -2.30. The van der Waals surface area contributed by atoms with Crippen molar-refractivity contribution < 1.29 is 0 Å². The van der Waals surface area contributed by atoms with Crippen LogP contribution >= 0.6 is 0 Å². The highest BCUT2D eigenvalue weighted by atomic mass is 15.1. The van der Waals surface area contributed by atoms with E-state index in [1.807, 2.05) is 0 Å². The molecule has 12 aromatic rings. The Balaban J connectivity index is 1.05. The molecule has 0 saturated heterocycles. The molecule has 74 heavy (non-hydrogen) atoms. The summed E-state index contributed by atoms with van der Waals surface area (Å²) in [5.41, 5.74) is 25.0. The van der Waals surface area contributed by atoms with Crippen LogP contribution in [0.5, 0.6) is 0 Å². The standard InChI is InChI=1S/C73H53N/c1-73(2)69-44-43-60(49-66(69)68-48-58(51-24-10-4-11-25-51)47-65(72(68)73)54-30-16-7-17-31-54)74(59-41-38-55(39-42-59)63-37-21-33-56-32-20-36-62(71(56)63)53-28-14-6-15-29-53)70-45-40-57(50-22-8-3-9-23-50)46-67(70)64-35-19-18-34-61(64)52-26-12-5-13-27-52/h3-49H,1-2H3. The number of hydrogen-bond acceptors (Lipinski definition) is 1. The monoisotopic (exact) mass is 943 g/mol. The zero-order chi connectivity index (χ0) is 49.6. The number of hydrogen-bond donors (Lipinski definition) is 0. The van der Waals surface area contributed by atoms with Gasteiger partial charge in [0.2, 0.25) is 0 Å². The van der Waals surface area contributed by atoms with E-state index in [9.17, 15) is 0 Å². The van der Waals surface area contributed by atoms with Gasteiger partial charge in [-0.05, 0) is 154 Å². The SMILES string of the molecule is CC1(C)c2ccc(N(c3ccc(-c4cccc5cccc(-c6ccccc6)c45)cc3)c3ccc(-c4ccccc4)cc3-c3ccccc3-c3ccccc3)cc2-c2cc(-c3ccccc3)cc(-c3ccccc3)c21. The van der Waals surface area contributed by atoms with Gasteiger partial charge in [-0.1, -0.05) is 250 Å². The van der Waals surface area contributed by atoms with Gasteiger partial charge < -0.3 is 4.90 Å². The number of anilines is 3. The van der Waals surface area contributed by atoms with E-state index >= 15 is 0 Å². The quantitative estimate of drug-likeness (QED) is 0.132. The molecule has 0 amide bonds. The number of fused-ring (bicyclic) bond motifs is 4. The molecule has 0 atom stereocenters. The summed E-state index contributed by atoms with van der Waals surface area (Å²) in [5, 5.41) is 2.48. The first-order valence-corrected chi connectivity index (χ1v) is 25.7. The van der Waals surface area contributed by atoms with E-state index < -0.39 is 0 Å². The summed E-state index contributed by atoms with van der Waals surface area (Å²) >= 11 is 0. The Morgan fingerprint density at radius 3 is 1.28 bits per heavy atom. The van der Waals surface area contributed by atoms with E-state index in [0.717, 1.165) is 22.6 Å². The molecule has 0 N–H and O–H groups in total. The van der Waals surface area contributed by atoms with Gasteiger partial charge >= 0.3 is 0 Å². The first-order chi connectivity index (χ1) is 36.5. The van der Waals surface area contributed by atoms with Gasteiger partial charge in [0.15, 0.2) is 0 Å². The number of rotatable bonds is 10. The van der Waals surface area contributed by atoms with Crippen molar-refractivity contribution in [2.24, 2.45) is 0 Å². The molecule has 1 aliphatic carbocycles. The molecular weight excluding hydrogens is 891 g/mol. The van der Waals surface area contributed by atoms with Crippen LogP contribution in [0.15, 0.2) is 285 Å². The summed E-state index contributed by atoms with van der Waals surface area (Å²) in [6.07, 6.45) is 0. The summed E-state index contributed by atoms with van der Waals surface area (Å²) in [7, 11) is 0. The minimum absolute atomic E-state index is 0.260. The summed E-state index contributed by atoms with van der Waals surface area (Å²) in [6.45, 7) is 4.81. The Bertz CT molecular complexity index is 3980. The second kappa shape index (κ2) is 18.7. The molecule has 0 aromatic heterocycles. The zero-order valence-electron chi connectivity index (χ0n) is 41.6. The van der Waals surface area contributed by atoms with Crippen LogP contribution in [0.2, 0.25) is 0 Å². The van der Waals surface area contributed by atoms with E-state index in [1.54, 1.807) is 0 Å². The van der Waals surface area contributed by atoms with Crippen LogP contribution in [0.1, 0.15) is 25.0 Å². The van der Waals surface area contributed by atoms with Crippen LogP contribution in [-0.2, 0) is 5.41 Å². The lowest BCUT2D eigenvalue weighted by atomic mass is 9.78. The van der Waals surface area contributed by atoms with Gasteiger partial charge in [-0.3, -0.25) is 0 Å². The normalized spacial score (nSPS) is 12.3. The van der Waals surface area contributed by atoms with E-state index in [-0.39, 0.29) is 5.41 Å². The largest absolute Gasteiger partial charge is 0.310 e. The maximum absolute atomic E-state index is 2.50. The van der Waals surface area contributed by atoms with Gasteiger partial charge in [0.25, 0.3) is 0 Å². The molecule has 1 nitrogen and oxygen atoms in total. The molecule has 350 valence electrons. The predicted octanol–water partition coefficient (Wildman–Crippen LogP) is 20.3. The molecule has 0 fully saturated rings. The molecule has 0 bridgehead atoms. The highest BCUT2D eigenvalue weighted by molar-refractivity contribution is 6.07. The Kier molecular flexibility index (Phi) is 11.3. The fourth-order valence-electron chi connectivity index (χ4n) is 11.7. The van der Waals surface area contributed by atoms with Crippen LogP contribution < -0.4 is 4.90 Å². The highest BCUT2D eigenvalue weighted by Gasteiger charge is 2.39. The summed E-state index contributed by atoms with van der Waals surface area (Å²) in [4.78, 5) is 2.50. The lowest BCUT2D eigenvalue weighted by molar-refractivity contribution is 0.662. The molecule has 0 heterocycles. The molecule has 0 unspecified atom stereocenters. The van der Waals surface area contributed by atoms with Crippen molar-refractivity contribution >= 4 is 27.8 Å². The fourth-order valence-corrected chi connectivity index (χ4v) is 11.7. The average molecular weight is 944 g/mol. The summed E-state index contributed by atoms with van der Waals surface area (Å²) in [5.74, 6) is 0. The van der Waals surface area contributed by atoms with Crippen molar-refractivity contribution in [1.82, 2.24) is 0 Å². The first-order valence-electron chi connectivity index (χ1n) is 25.7. The number of benzene rings is 12. The number of nitrogens with zero attached hydrogens (tertiary/aromatic N) is 1. The van der Waals surface area contributed by atoms with Crippen LogP contribution in [0.3, 0.4) is 0 Å². The molecule has 0 aliphatic heterocycles. The molecular formula is C73H53N. The second-order valence-electron chi connectivity index (χ2n) is 20.0. The minimum Gasteiger partial charge on any atom is -0.310 e. The van der Waals surface area contributed by atoms with Crippen molar-refractivity contribution in [2.75, 3.05) is 4.90 Å². The van der Waals surface area contributed by atoms with Crippen LogP contribution in [0.4, 0.5) is 17.1 Å². The molecule has 12 aromatic carbocycles. The predicted molar refractivity (Wildman–Crippen MR) is 314 cm³/mol. The van der Waals surface area contributed by atoms with Crippen LogP contribution in [0, 0.1) is 0 Å². The van der Waals surface area contributed by atoms with E-state index in [4.69, 9.17) is 0 Å². The molecule has 1 heteroatoms. The van der Waals surface area contributed by atoms with Gasteiger partial charge in [-0.25, -0.2) is 0 Å². The average Bonchev–Trinajstić information content (AvgIpc) is 3.71. The molecule has 0 spiro atoms.